The van der Waals surface area contributed by atoms with Crippen LogP contribution in [0.25, 0.3) is 5.82 Å². The van der Waals surface area contributed by atoms with Crippen molar-refractivity contribution in [3.05, 3.63) is 70.6 Å². The molecule has 15 heteroatoms. The Bertz CT molecular complexity index is 1250. The first-order valence-corrected chi connectivity index (χ1v) is 10.9. The normalized spacial score (nSPS) is 17.9. The van der Waals surface area contributed by atoms with E-state index in [9.17, 15) is 32.9 Å². The lowest BCUT2D eigenvalue weighted by atomic mass is 10.2. The molecule has 3 heterocycles. The molecule has 0 amide bonds. The van der Waals surface area contributed by atoms with Crippen LogP contribution in [0.1, 0.15) is 30.2 Å². The first-order chi connectivity index (χ1) is 16.9. The summed E-state index contributed by atoms with van der Waals surface area (Å²) in [6, 6.07) is 9.95. The summed E-state index contributed by atoms with van der Waals surface area (Å²) >= 11 is 5.90. The molecule has 10 nitrogen and oxygen atoms in total. The van der Waals surface area contributed by atoms with E-state index >= 15 is 0 Å². The fourth-order valence-corrected chi connectivity index (χ4v) is 3.57. The van der Waals surface area contributed by atoms with Crippen LogP contribution in [0.15, 0.2) is 47.6 Å². The Balaban J connectivity index is 1.67. The van der Waals surface area contributed by atoms with Crippen LogP contribution >= 0.6 is 11.6 Å². The summed E-state index contributed by atoms with van der Waals surface area (Å²) in [6.07, 6.45) is -10.5. The molecular weight excluding hydrogens is 510 g/mol. The summed E-state index contributed by atoms with van der Waals surface area (Å²) in [5.41, 5.74) is 0.336. The predicted octanol–water partition coefficient (Wildman–Crippen LogP) is 2.19. The van der Waals surface area contributed by atoms with Gasteiger partial charge in [-0.05, 0) is 43.3 Å². The van der Waals surface area contributed by atoms with Gasteiger partial charge in [0.15, 0.2) is 29.4 Å². The van der Waals surface area contributed by atoms with E-state index in [1.165, 1.54) is 43.3 Å². The van der Waals surface area contributed by atoms with Crippen molar-refractivity contribution in [3.8, 4) is 5.82 Å². The van der Waals surface area contributed by atoms with E-state index < -0.39 is 37.2 Å². The van der Waals surface area contributed by atoms with Gasteiger partial charge in [-0.1, -0.05) is 17.7 Å². The Morgan fingerprint density at radius 2 is 1.78 bits per heavy atom. The number of nitrogens with zero attached hydrogens (tertiary/aromatic N) is 7. The van der Waals surface area contributed by atoms with E-state index in [-0.39, 0.29) is 29.8 Å². The highest BCUT2D eigenvalue weighted by atomic mass is 35.5. The first-order valence-electron chi connectivity index (χ1n) is 10.5. The molecule has 36 heavy (non-hydrogen) atoms. The number of β-amino-alcohol motifs (C(OH)–C–C–N with tert-alkyl or cyclic N) is 1. The molecule has 0 saturated heterocycles. The van der Waals surface area contributed by atoms with Crippen molar-refractivity contribution < 1.29 is 32.9 Å². The highest BCUT2D eigenvalue weighted by molar-refractivity contribution is 6.30. The van der Waals surface area contributed by atoms with Gasteiger partial charge in [-0.15, -0.1) is 5.10 Å². The van der Waals surface area contributed by atoms with Crippen molar-refractivity contribution in [1.82, 2.24) is 29.7 Å². The summed E-state index contributed by atoms with van der Waals surface area (Å²) in [5, 5.41) is 40.4. The number of halogens is 5. The van der Waals surface area contributed by atoms with Crippen molar-refractivity contribution in [2.45, 2.75) is 38.2 Å². The molecule has 2 aromatic heterocycles. The maximum absolute atomic E-state index is 13.6. The minimum absolute atomic E-state index is 0.00781. The molecule has 1 aromatic carbocycles. The van der Waals surface area contributed by atoms with Gasteiger partial charge in [-0.25, -0.2) is 15.0 Å². The highest BCUT2D eigenvalue weighted by Crippen LogP contribution is 2.27. The highest BCUT2D eigenvalue weighted by Gasteiger charge is 2.43. The second-order valence-electron chi connectivity index (χ2n) is 7.88. The summed E-state index contributed by atoms with van der Waals surface area (Å²) < 4.78 is 53.9. The molecule has 1 unspecified atom stereocenters. The number of hydrogen-bond acceptors (Lipinski definition) is 9. The van der Waals surface area contributed by atoms with Crippen LogP contribution in [0.4, 0.5) is 17.6 Å². The van der Waals surface area contributed by atoms with Crippen LogP contribution in [0.3, 0.4) is 0 Å². The number of amidine groups is 1. The molecule has 192 valence electrons. The van der Waals surface area contributed by atoms with Gasteiger partial charge in [0.05, 0.1) is 6.54 Å². The largest absolute Gasteiger partial charge is 0.416 e. The molecule has 4 rings (SSSR count). The van der Waals surface area contributed by atoms with Crippen molar-refractivity contribution in [1.29, 1.82) is 0 Å². The van der Waals surface area contributed by atoms with Gasteiger partial charge in [-0.2, -0.15) is 27.3 Å². The molecule has 0 fully saturated rings. The van der Waals surface area contributed by atoms with Crippen LogP contribution in [0, 0.1) is 5.95 Å². The number of aliphatic hydroxyl groups excluding tert-OH is 3. The monoisotopic (exact) mass is 529 g/mol. The van der Waals surface area contributed by atoms with Crippen molar-refractivity contribution in [2.24, 2.45) is 5.10 Å². The SMILES string of the molecule is C[C@H](O)c1nc(CN2N=C(c3ccc(Cl)cc3)N(C[C@H](O)C(F)(F)F)C2O)nn1-c1cccc(F)n1. The van der Waals surface area contributed by atoms with Crippen LogP contribution in [0.2, 0.25) is 5.02 Å². The number of hydrogen-bond donors (Lipinski definition) is 3. The zero-order valence-electron chi connectivity index (χ0n) is 18.5. The fourth-order valence-electron chi connectivity index (χ4n) is 3.45. The molecule has 1 aliphatic heterocycles. The van der Waals surface area contributed by atoms with E-state index in [1.54, 1.807) is 0 Å². The summed E-state index contributed by atoms with van der Waals surface area (Å²) in [7, 11) is 0. The maximum atomic E-state index is 13.6. The molecule has 1 aliphatic rings. The Labute approximate surface area is 206 Å². The van der Waals surface area contributed by atoms with Gasteiger partial charge in [0.25, 0.3) is 0 Å². The number of alkyl halides is 3. The van der Waals surface area contributed by atoms with Crippen LogP contribution in [-0.2, 0) is 6.54 Å². The summed E-state index contributed by atoms with van der Waals surface area (Å²) in [4.78, 5) is 8.79. The Hall–Kier alpha value is -3.33. The third-order valence-electron chi connectivity index (χ3n) is 5.16. The van der Waals surface area contributed by atoms with Gasteiger partial charge in [0, 0.05) is 10.6 Å². The van der Waals surface area contributed by atoms with Gasteiger partial charge >= 0.3 is 6.18 Å². The van der Waals surface area contributed by atoms with Crippen LogP contribution in [-0.4, -0.2) is 76.0 Å². The standard InChI is InChI=1S/C21H20ClF4N7O3/c1-11(34)18-28-16(29-33(18)17-4-2-3-15(23)27-17)10-32-20(36)31(9-14(35)21(24,25)26)19(30-32)12-5-7-13(22)8-6-12/h2-8,11,14,20,34-36H,9-10H2,1H3/t11-,14-,20?/m0/s1. The molecule has 0 radical (unpaired) electrons. The predicted molar refractivity (Wildman–Crippen MR) is 118 cm³/mol. The third-order valence-corrected chi connectivity index (χ3v) is 5.41. The second-order valence-corrected chi connectivity index (χ2v) is 8.31. The first kappa shape index (κ1) is 25.8. The van der Waals surface area contributed by atoms with Crippen LogP contribution < -0.4 is 0 Å². The number of hydrazone groups is 1. The lowest BCUT2D eigenvalue weighted by Gasteiger charge is -2.29. The summed E-state index contributed by atoms with van der Waals surface area (Å²) in [6.45, 7) is 0.0981. The molecule has 3 atom stereocenters. The molecule has 0 aliphatic carbocycles. The van der Waals surface area contributed by atoms with Crippen molar-refractivity contribution in [2.75, 3.05) is 6.54 Å². The number of benzene rings is 1. The van der Waals surface area contributed by atoms with Crippen molar-refractivity contribution >= 4 is 17.4 Å². The van der Waals surface area contributed by atoms with E-state index in [4.69, 9.17) is 11.6 Å². The molecule has 0 spiro atoms. The number of aliphatic hydroxyl groups is 3. The molecule has 3 aromatic rings. The number of aromatic nitrogens is 4. The minimum atomic E-state index is -4.93. The fraction of sp³-hybridized carbons (Fsp3) is 0.333. The smallest absolute Gasteiger partial charge is 0.385 e. The van der Waals surface area contributed by atoms with Gasteiger partial charge in [0.2, 0.25) is 12.3 Å². The Morgan fingerprint density at radius 3 is 2.39 bits per heavy atom. The third kappa shape index (κ3) is 5.41. The molecular formula is C21H20ClF4N7O3. The zero-order chi connectivity index (χ0) is 26.2. The second kappa shape index (κ2) is 9.97. The Morgan fingerprint density at radius 1 is 1.08 bits per heavy atom. The lowest BCUT2D eigenvalue weighted by Crippen LogP contribution is -2.49. The lowest BCUT2D eigenvalue weighted by molar-refractivity contribution is -0.212. The van der Waals surface area contributed by atoms with E-state index in [1.807, 2.05) is 0 Å². The van der Waals surface area contributed by atoms with Crippen molar-refractivity contribution in [3.63, 3.8) is 0 Å². The average molecular weight is 530 g/mol. The van der Waals surface area contributed by atoms with Gasteiger partial charge in [-0.3, -0.25) is 0 Å². The minimum Gasteiger partial charge on any atom is -0.385 e. The zero-order valence-corrected chi connectivity index (χ0v) is 19.3. The van der Waals surface area contributed by atoms with E-state index in [0.29, 0.717) is 10.6 Å². The number of pyridine rings is 1. The van der Waals surface area contributed by atoms with Gasteiger partial charge < -0.3 is 20.2 Å². The average Bonchev–Trinajstić information content (AvgIpc) is 3.36. The number of rotatable bonds is 7. The van der Waals surface area contributed by atoms with Gasteiger partial charge in [0.1, 0.15) is 12.6 Å². The quantitative estimate of drug-likeness (QED) is 0.314. The molecule has 0 saturated carbocycles. The topological polar surface area (TPSA) is 123 Å². The molecule has 3 N–H and O–H groups in total. The maximum Gasteiger partial charge on any atom is 0.416 e. The van der Waals surface area contributed by atoms with E-state index in [2.05, 4.69) is 20.2 Å². The van der Waals surface area contributed by atoms with E-state index in [0.717, 1.165) is 20.7 Å². The Kier molecular flexibility index (Phi) is 7.13. The van der Waals surface area contributed by atoms with Crippen LogP contribution in [0.5, 0.6) is 0 Å². The summed E-state index contributed by atoms with van der Waals surface area (Å²) in [5.74, 6) is -0.778. The molecule has 0 bridgehead atoms.